The average molecular weight is 405 g/mol. The summed E-state index contributed by atoms with van der Waals surface area (Å²) in [6.45, 7) is 1.97. The van der Waals surface area contributed by atoms with E-state index in [0.29, 0.717) is 48.3 Å². The van der Waals surface area contributed by atoms with Gasteiger partial charge in [-0.1, -0.05) is 23.7 Å². The molecule has 0 radical (unpaired) electrons. The predicted octanol–water partition coefficient (Wildman–Crippen LogP) is 3.79. The molecule has 28 heavy (non-hydrogen) atoms. The fourth-order valence-corrected chi connectivity index (χ4v) is 3.31. The SMILES string of the molecule is COc1ccccc1NC(=O)Nc1ccc(N2CCN(C(=O)O)CC2)c(Cl)c1. The topological polar surface area (TPSA) is 94.1 Å². The second-order valence-corrected chi connectivity index (χ2v) is 6.61. The first kappa shape index (κ1) is 19.6. The normalized spacial score (nSPS) is 13.8. The molecule has 0 bridgehead atoms. The van der Waals surface area contributed by atoms with Gasteiger partial charge in [-0.25, -0.2) is 9.59 Å². The molecule has 1 saturated heterocycles. The van der Waals surface area contributed by atoms with Crippen molar-refractivity contribution in [1.82, 2.24) is 4.90 Å². The Hall–Kier alpha value is -3.13. The molecule has 0 aliphatic carbocycles. The molecule has 148 valence electrons. The molecular formula is C19H21ClN4O4. The van der Waals surface area contributed by atoms with Gasteiger partial charge in [-0.2, -0.15) is 0 Å². The van der Waals surface area contributed by atoms with E-state index < -0.39 is 12.1 Å². The molecule has 1 aliphatic rings. The molecule has 3 amide bonds. The number of carbonyl (C=O) groups excluding carboxylic acids is 1. The number of ether oxygens (including phenoxy) is 1. The lowest BCUT2D eigenvalue weighted by Gasteiger charge is -2.35. The third kappa shape index (κ3) is 4.58. The van der Waals surface area contributed by atoms with Crippen LogP contribution in [-0.4, -0.2) is 55.4 Å². The molecule has 8 nitrogen and oxygen atoms in total. The van der Waals surface area contributed by atoms with Gasteiger partial charge in [0.15, 0.2) is 0 Å². The number of amides is 3. The van der Waals surface area contributed by atoms with E-state index in [2.05, 4.69) is 10.6 Å². The number of rotatable bonds is 4. The lowest BCUT2D eigenvalue weighted by Crippen LogP contribution is -2.48. The Labute approximate surface area is 167 Å². The zero-order chi connectivity index (χ0) is 20.1. The van der Waals surface area contributed by atoms with E-state index in [4.69, 9.17) is 21.4 Å². The van der Waals surface area contributed by atoms with Crippen molar-refractivity contribution < 1.29 is 19.4 Å². The molecule has 0 aromatic heterocycles. The standard InChI is InChI=1S/C19H21ClN4O4/c1-28-17-5-3-2-4-15(17)22-18(25)21-13-6-7-16(14(20)12-13)23-8-10-24(11-9-23)19(26)27/h2-7,12H,8-11H2,1H3,(H,26,27)(H2,21,22,25). The minimum absolute atomic E-state index is 0.414. The summed E-state index contributed by atoms with van der Waals surface area (Å²) in [7, 11) is 1.53. The van der Waals surface area contributed by atoms with Crippen molar-refractivity contribution >= 4 is 40.8 Å². The summed E-state index contributed by atoms with van der Waals surface area (Å²) in [5, 5.41) is 15.0. The van der Waals surface area contributed by atoms with Crippen molar-refractivity contribution in [3.63, 3.8) is 0 Å². The molecule has 3 rings (SSSR count). The largest absolute Gasteiger partial charge is 0.495 e. The van der Waals surface area contributed by atoms with Crippen molar-refractivity contribution in [2.75, 3.05) is 48.8 Å². The molecule has 0 atom stereocenters. The molecule has 1 aliphatic heterocycles. The van der Waals surface area contributed by atoms with E-state index in [1.165, 1.54) is 12.0 Å². The smallest absolute Gasteiger partial charge is 0.407 e. The molecule has 0 saturated carbocycles. The molecule has 9 heteroatoms. The molecular weight excluding hydrogens is 384 g/mol. The number of benzene rings is 2. The van der Waals surface area contributed by atoms with Gasteiger partial charge in [0.2, 0.25) is 0 Å². The maximum atomic E-state index is 12.3. The summed E-state index contributed by atoms with van der Waals surface area (Å²) in [6.07, 6.45) is -0.911. The summed E-state index contributed by atoms with van der Waals surface area (Å²) >= 11 is 6.39. The summed E-state index contributed by atoms with van der Waals surface area (Å²) in [4.78, 5) is 26.7. The van der Waals surface area contributed by atoms with Crippen molar-refractivity contribution in [2.24, 2.45) is 0 Å². The first-order valence-corrected chi connectivity index (χ1v) is 9.09. The highest BCUT2D eigenvalue weighted by molar-refractivity contribution is 6.33. The van der Waals surface area contributed by atoms with E-state index in [0.717, 1.165) is 5.69 Å². The number of para-hydroxylation sites is 2. The second-order valence-electron chi connectivity index (χ2n) is 6.20. The van der Waals surface area contributed by atoms with Crippen molar-refractivity contribution in [1.29, 1.82) is 0 Å². The summed E-state index contributed by atoms with van der Waals surface area (Å²) in [5.74, 6) is 0.562. The highest BCUT2D eigenvalue weighted by Crippen LogP contribution is 2.30. The first-order valence-electron chi connectivity index (χ1n) is 8.71. The molecule has 2 aromatic carbocycles. The van der Waals surface area contributed by atoms with Gasteiger partial charge in [0.05, 0.1) is 23.5 Å². The monoisotopic (exact) mass is 404 g/mol. The number of methoxy groups -OCH3 is 1. The number of carbonyl (C=O) groups is 2. The van der Waals surface area contributed by atoms with Gasteiger partial charge in [-0.15, -0.1) is 0 Å². The predicted molar refractivity (Wildman–Crippen MR) is 109 cm³/mol. The summed E-state index contributed by atoms with van der Waals surface area (Å²) in [6, 6.07) is 11.9. The van der Waals surface area contributed by atoms with Gasteiger partial charge in [0.25, 0.3) is 0 Å². The fourth-order valence-electron chi connectivity index (χ4n) is 3.01. The minimum Gasteiger partial charge on any atom is -0.495 e. The Morgan fingerprint density at radius 2 is 1.79 bits per heavy atom. The molecule has 0 unspecified atom stereocenters. The number of carboxylic acid groups (broad SMARTS) is 1. The molecule has 3 N–H and O–H groups in total. The number of hydrogen-bond donors (Lipinski definition) is 3. The lowest BCUT2D eigenvalue weighted by atomic mass is 10.2. The average Bonchev–Trinajstić information content (AvgIpc) is 2.68. The first-order chi connectivity index (χ1) is 13.5. The number of hydrogen-bond acceptors (Lipinski definition) is 4. The van der Waals surface area contributed by atoms with Crippen LogP contribution in [0.4, 0.5) is 26.7 Å². The van der Waals surface area contributed by atoms with Crippen LogP contribution >= 0.6 is 11.6 Å². The third-order valence-electron chi connectivity index (χ3n) is 4.45. The van der Waals surface area contributed by atoms with Crippen LogP contribution in [0.3, 0.4) is 0 Å². The second kappa shape index (κ2) is 8.71. The van der Waals surface area contributed by atoms with Crippen LogP contribution < -0.4 is 20.3 Å². The van der Waals surface area contributed by atoms with Gasteiger partial charge in [-0.3, -0.25) is 0 Å². The van der Waals surface area contributed by atoms with Crippen LogP contribution in [-0.2, 0) is 0 Å². The number of nitrogens with zero attached hydrogens (tertiary/aromatic N) is 2. The van der Waals surface area contributed by atoms with Gasteiger partial charge >= 0.3 is 12.1 Å². The number of urea groups is 1. The maximum Gasteiger partial charge on any atom is 0.407 e. The summed E-state index contributed by atoms with van der Waals surface area (Å²) in [5.41, 5.74) is 1.91. The number of piperazine rings is 1. The van der Waals surface area contributed by atoms with Crippen LogP contribution in [0, 0.1) is 0 Å². The Kier molecular flexibility index (Phi) is 6.10. The van der Waals surface area contributed by atoms with Crippen molar-refractivity contribution in [3.05, 3.63) is 47.5 Å². The quantitative estimate of drug-likeness (QED) is 0.720. The van der Waals surface area contributed by atoms with Gasteiger partial charge in [-0.05, 0) is 30.3 Å². The zero-order valence-electron chi connectivity index (χ0n) is 15.3. The molecule has 0 spiro atoms. The number of halogens is 1. The van der Waals surface area contributed by atoms with E-state index in [1.54, 1.807) is 30.3 Å². The Morgan fingerprint density at radius 3 is 2.43 bits per heavy atom. The highest BCUT2D eigenvalue weighted by Gasteiger charge is 2.22. The Morgan fingerprint density at radius 1 is 1.07 bits per heavy atom. The van der Waals surface area contributed by atoms with E-state index in [1.807, 2.05) is 17.0 Å². The lowest BCUT2D eigenvalue weighted by molar-refractivity contribution is 0.142. The number of anilines is 3. The van der Waals surface area contributed by atoms with E-state index in [-0.39, 0.29) is 0 Å². The van der Waals surface area contributed by atoms with Gasteiger partial charge in [0.1, 0.15) is 5.75 Å². The van der Waals surface area contributed by atoms with Gasteiger partial charge in [0, 0.05) is 31.9 Å². The van der Waals surface area contributed by atoms with Crippen molar-refractivity contribution in [2.45, 2.75) is 0 Å². The van der Waals surface area contributed by atoms with Crippen LogP contribution in [0.2, 0.25) is 5.02 Å². The minimum atomic E-state index is -0.911. The summed E-state index contributed by atoms with van der Waals surface area (Å²) < 4.78 is 5.21. The van der Waals surface area contributed by atoms with Crippen LogP contribution in [0.5, 0.6) is 5.75 Å². The van der Waals surface area contributed by atoms with Crippen LogP contribution in [0.15, 0.2) is 42.5 Å². The van der Waals surface area contributed by atoms with Gasteiger partial charge < -0.3 is 30.3 Å². The fraction of sp³-hybridized carbons (Fsp3) is 0.263. The Bertz CT molecular complexity index is 869. The number of nitrogens with one attached hydrogen (secondary N) is 2. The van der Waals surface area contributed by atoms with E-state index in [9.17, 15) is 9.59 Å². The maximum absolute atomic E-state index is 12.3. The third-order valence-corrected chi connectivity index (χ3v) is 4.75. The van der Waals surface area contributed by atoms with E-state index >= 15 is 0 Å². The Balaban J connectivity index is 1.62. The van der Waals surface area contributed by atoms with Crippen LogP contribution in [0.25, 0.3) is 0 Å². The zero-order valence-corrected chi connectivity index (χ0v) is 16.1. The molecule has 1 fully saturated rings. The van der Waals surface area contributed by atoms with Crippen molar-refractivity contribution in [3.8, 4) is 5.75 Å². The molecule has 1 heterocycles. The van der Waals surface area contributed by atoms with Crippen LogP contribution in [0.1, 0.15) is 0 Å². The molecule has 2 aromatic rings. The highest BCUT2D eigenvalue weighted by atomic mass is 35.5.